The Hall–Kier alpha value is -2.78. The van der Waals surface area contributed by atoms with Crippen molar-refractivity contribution >= 4 is 11.9 Å². The van der Waals surface area contributed by atoms with Gasteiger partial charge in [0.1, 0.15) is 11.3 Å². The van der Waals surface area contributed by atoms with Crippen molar-refractivity contribution in [1.29, 1.82) is 0 Å². The van der Waals surface area contributed by atoms with Crippen LogP contribution in [0, 0.1) is 5.92 Å². The molecule has 1 saturated heterocycles. The normalized spacial score (nSPS) is 17.2. The first-order chi connectivity index (χ1) is 13.6. The molecule has 4 rings (SSSR count). The summed E-state index contributed by atoms with van der Waals surface area (Å²) >= 11 is 0. The first kappa shape index (κ1) is 19.5. The number of alkyl halides is 3. The monoisotopic (exact) mass is 411 g/mol. The van der Waals surface area contributed by atoms with Gasteiger partial charge in [0.05, 0.1) is 11.3 Å². The van der Waals surface area contributed by atoms with Crippen LogP contribution in [0.1, 0.15) is 47.2 Å². The lowest BCUT2D eigenvalue weighted by molar-refractivity contribution is -0.138. The van der Waals surface area contributed by atoms with Gasteiger partial charge in [-0.1, -0.05) is 0 Å². The van der Waals surface area contributed by atoms with E-state index in [1.54, 1.807) is 15.8 Å². The van der Waals surface area contributed by atoms with Gasteiger partial charge in [-0.15, -0.1) is 0 Å². The predicted octanol–water partition coefficient (Wildman–Crippen LogP) is 3.22. The van der Waals surface area contributed by atoms with Crippen molar-refractivity contribution in [3.05, 3.63) is 28.8 Å². The van der Waals surface area contributed by atoms with Crippen LogP contribution in [0.2, 0.25) is 0 Å². The van der Waals surface area contributed by atoms with E-state index in [1.807, 2.05) is 0 Å². The third-order valence-electron chi connectivity index (χ3n) is 5.66. The summed E-state index contributed by atoms with van der Waals surface area (Å²) in [6.07, 6.45) is -0.877. The van der Waals surface area contributed by atoms with E-state index in [4.69, 9.17) is 9.52 Å². The number of aromatic carboxylic acids is 1. The third-order valence-corrected chi connectivity index (χ3v) is 5.66. The van der Waals surface area contributed by atoms with Crippen molar-refractivity contribution in [3.63, 3.8) is 0 Å². The Kier molecular flexibility index (Phi) is 4.66. The molecule has 0 unspecified atom stereocenters. The van der Waals surface area contributed by atoms with E-state index in [1.165, 1.54) is 6.92 Å². The lowest BCUT2D eigenvalue weighted by Crippen LogP contribution is -2.38. The molecular formula is C19H20F3N3O4. The van der Waals surface area contributed by atoms with Crippen LogP contribution in [0.15, 0.2) is 10.6 Å². The molecule has 3 heterocycles. The molecule has 0 bridgehead atoms. The first-order valence-corrected chi connectivity index (χ1v) is 9.43. The summed E-state index contributed by atoms with van der Waals surface area (Å²) in [5.74, 6) is -2.50. The van der Waals surface area contributed by atoms with Gasteiger partial charge >= 0.3 is 12.1 Å². The number of amides is 1. The molecule has 156 valence electrons. The minimum absolute atomic E-state index is 0.0160. The number of carboxylic acid groups (broad SMARTS) is 1. The molecule has 1 fully saturated rings. The Bertz CT molecular complexity index is 968. The van der Waals surface area contributed by atoms with Crippen molar-refractivity contribution in [2.24, 2.45) is 5.92 Å². The van der Waals surface area contributed by atoms with Crippen molar-refractivity contribution in [3.8, 4) is 11.3 Å². The molecule has 1 aliphatic heterocycles. The van der Waals surface area contributed by atoms with E-state index in [-0.39, 0.29) is 35.3 Å². The Balaban J connectivity index is 1.63. The molecule has 1 amide bonds. The molecule has 0 aromatic carbocycles. The van der Waals surface area contributed by atoms with Crippen LogP contribution in [0.4, 0.5) is 13.2 Å². The SMILES string of the molecule is CC(=O)N1CCC(Cn2cc3c(n2)-c2c(oc(C(=O)O)c2C(F)(F)F)CC3)CC1. The first-order valence-electron chi connectivity index (χ1n) is 9.43. The second-order valence-corrected chi connectivity index (χ2v) is 7.58. The standard InChI is InChI=1S/C19H20F3N3O4/c1-10(26)24-6-4-11(5-7-24)8-25-9-12-2-3-13-14(16(12)23-25)15(19(20,21)22)17(29-13)18(27)28/h9,11H,2-8H2,1H3,(H,27,28). The summed E-state index contributed by atoms with van der Waals surface area (Å²) < 4.78 is 47.6. The number of furan rings is 1. The highest BCUT2D eigenvalue weighted by atomic mass is 19.4. The van der Waals surface area contributed by atoms with Gasteiger partial charge in [-0.2, -0.15) is 18.3 Å². The van der Waals surface area contributed by atoms with Crippen LogP contribution < -0.4 is 0 Å². The Labute approximate surface area is 164 Å². The average molecular weight is 411 g/mol. The number of carbonyl (C=O) groups is 2. The third kappa shape index (κ3) is 3.51. The fourth-order valence-electron chi connectivity index (χ4n) is 4.22. The Morgan fingerprint density at radius 2 is 1.97 bits per heavy atom. The van der Waals surface area contributed by atoms with Crippen LogP contribution in [0.5, 0.6) is 0 Å². The number of carboxylic acids is 1. The summed E-state index contributed by atoms with van der Waals surface area (Å²) in [5.41, 5.74) is -0.708. The molecule has 7 nitrogen and oxygen atoms in total. The molecule has 2 aromatic rings. The van der Waals surface area contributed by atoms with Crippen molar-refractivity contribution in [2.45, 2.75) is 45.3 Å². The molecule has 0 atom stereocenters. The van der Waals surface area contributed by atoms with Gasteiger partial charge in [0.25, 0.3) is 0 Å². The van der Waals surface area contributed by atoms with Crippen molar-refractivity contribution in [1.82, 2.24) is 14.7 Å². The summed E-state index contributed by atoms with van der Waals surface area (Å²) in [6.45, 7) is 3.40. The zero-order valence-electron chi connectivity index (χ0n) is 15.8. The number of hydrogen-bond donors (Lipinski definition) is 1. The van der Waals surface area contributed by atoms with Gasteiger partial charge < -0.3 is 14.4 Å². The number of fused-ring (bicyclic) bond motifs is 3. The number of rotatable bonds is 3. The lowest BCUT2D eigenvalue weighted by Gasteiger charge is -2.31. The van der Waals surface area contributed by atoms with Gasteiger partial charge in [0.2, 0.25) is 11.7 Å². The molecular weight excluding hydrogens is 391 g/mol. The van der Waals surface area contributed by atoms with Gasteiger partial charge in [0, 0.05) is 39.2 Å². The summed E-state index contributed by atoms with van der Waals surface area (Å²) in [6, 6.07) is 0. The zero-order chi connectivity index (χ0) is 20.9. The number of nitrogens with zero attached hydrogens (tertiary/aromatic N) is 3. The number of aromatic nitrogens is 2. The smallest absolute Gasteiger partial charge is 0.421 e. The molecule has 1 N–H and O–H groups in total. The minimum Gasteiger partial charge on any atom is -0.475 e. The van der Waals surface area contributed by atoms with E-state index in [0.29, 0.717) is 31.6 Å². The number of aryl methyl sites for hydroxylation is 2. The maximum absolute atomic E-state index is 13.6. The van der Waals surface area contributed by atoms with Gasteiger partial charge in [-0.3, -0.25) is 9.48 Å². The van der Waals surface area contributed by atoms with Gasteiger partial charge in [-0.25, -0.2) is 4.79 Å². The maximum Gasteiger partial charge on any atom is 0.421 e. The summed E-state index contributed by atoms with van der Waals surface area (Å²) in [5, 5.41) is 13.5. The highest BCUT2D eigenvalue weighted by Gasteiger charge is 2.45. The second kappa shape index (κ2) is 6.93. The van der Waals surface area contributed by atoms with Crippen LogP contribution >= 0.6 is 0 Å². The Morgan fingerprint density at radius 1 is 1.28 bits per heavy atom. The molecule has 0 saturated carbocycles. The molecule has 2 aliphatic rings. The van der Waals surface area contributed by atoms with E-state index < -0.39 is 23.5 Å². The van der Waals surface area contributed by atoms with Crippen molar-refractivity contribution in [2.75, 3.05) is 13.1 Å². The average Bonchev–Trinajstić information content (AvgIpc) is 3.22. The summed E-state index contributed by atoms with van der Waals surface area (Å²) in [4.78, 5) is 24.5. The van der Waals surface area contributed by atoms with Gasteiger partial charge in [0.15, 0.2) is 0 Å². The fourth-order valence-corrected chi connectivity index (χ4v) is 4.22. The fraction of sp³-hybridized carbons (Fsp3) is 0.526. The number of likely N-dealkylation sites (tertiary alicyclic amines) is 1. The second-order valence-electron chi connectivity index (χ2n) is 7.58. The zero-order valence-corrected chi connectivity index (χ0v) is 15.8. The van der Waals surface area contributed by atoms with Crippen molar-refractivity contribution < 1.29 is 32.3 Å². The lowest BCUT2D eigenvalue weighted by atomic mass is 9.93. The molecule has 1 aliphatic carbocycles. The van der Waals surface area contributed by atoms with Crippen LogP contribution in [0.3, 0.4) is 0 Å². The topological polar surface area (TPSA) is 88.6 Å². The van der Waals surface area contributed by atoms with Crippen LogP contribution in [-0.2, 0) is 30.4 Å². The van der Waals surface area contributed by atoms with E-state index in [9.17, 15) is 22.8 Å². The highest BCUT2D eigenvalue weighted by Crippen LogP contribution is 2.46. The van der Waals surface area contributed by atoms with E-state index in [2.05, 4.69) is 5.10 Å². The van der Waals surface area contributed by atoms with Gasteiger partial charge in [-0.05, 0) is 30.7 Å². The van der Waals surface area contributed by atoms with E-state index >= 15 is 0 Å². The molecule has 2 aromatic heterocycles. The molecule has 29 heavy (non-hydrogen) atoms. The minimum atomic E-state index is -4.86. The molecule has 10 heteroatoms. The number of halogens is 3. The van der Waals surface area contributed by atoms with E-state index in [0.717, 1.165) is 12.8 Å². The molecule has 0 radical (unpaired) electrons. The number of carbonyl (C=O) groups excluding carboxylic acids is 1. The largest absolute Gasteiger partial charge is 0.475 e. The maximum atomic E-state index is 13.6. The predicted molar refractivity (Wildman–Crippen MR) is 94.3 cm³/mol. The Morgan fingerprint density at radius 3 is 2.55 bits per heavy atom. The quantitative estimate of drug-likeness (QED) is 0.838. The van der Waals surface area contributed by atoms with Crippen LogP contribution in [-0.4, -0.2) is 44.8 Å². The number of piperidine rings is 1. The van der Waals surface area contributed by atoms with Crippen LogP contribution in [0.25, 0.3) is 11.3 Å². The number of hydrogen-bond acceptors (Lipinski definition) is 4. The summed E-state index contributed by atoms with van der Waals surface area (Å²) in [7, 11) is 0. The highest BCUT2D eigenvalue weighted by molar-refractivity contribution is 5.90. The molecule has 0 spiro atoms.